The molecule has 1 saturated carbocycles. The molecule has 1 heterocycles. The number of urea groups is 1. The average molecular weight is 379 g/mol. The number of halogens is 2. The van der Waals surface area contributed by atoms with Gasteiger partial charge in [0, 0.05) is 6.04 Å². The van der Waals surface area contributed by atoms with E-state index < -0.39 is 47.6 Å². The topological polar surface area (TPSA) is 86.8 Å². The van der Waals surface area contributed by atoms with Gasteiger partial charge in [0.1, 0.15) is 23.9 Å². The summed E-state index contributed by atoms with van der Waals surface area (Å²) < 4.78 is 27.2. The number of para-hydroxylation sites is 1. The van der Waals surface area contributed by atoms with Gasteiger partial charge in [0.25, 0.3) is 0 Å². The molecule has 1 saturated heterocycles. The molecule has 9 heteroatoms. The van der Waals surface area contributed by atoms with Crippen LogP contribution >= 0.6 is 0 Å². The minimum Gasteiger partial charge on any atom is -0.320 e. The number of nitrogens with one attached hydrogen (secondary N) is 1. The summed E-state index contributed by atoms with van der Waals surface area (Å²) in [4.78, 5) is 50.6. The predicted octanol–water partition coefficient (Wildman–Crippen LogP) is 2.27. The number of carbonyl (C=O) groups is 4. The molecule has 1 N–H and O–H groups in total. The number of amides is 5. The summed E-state index contributed by atoms with van der Waals surface area (Å²) in [7, 11) is 0. The van der Waals surface area contributed by atoms with Gasteiger partial charge >= 0.3 is 17.8 Å². The lowest BCUT2D eigenvalue weighted by atomic mass is 9.85. The molecule has 144 valence electrons. The van der Waals surface area contributed by atoms with Crippen LogP contribution in [0.15, 0.2) is 18.2 Å². The maximum atomic E-state index is 13.6. The maximum absolute atomic E-state index is 13.6. The van der Waals surface area contributed by atoms with Crippen molar-refractivity contribution in [1.82, 2.24) is 9.80 Å². The summed E-state index contributed by atoms with van der Waals surface area (Å²) in [5, 5.41) is 2.00. The van der Waals surface area contributed by atoms with Crippen molar-refractivity contribution in [3.05, 3.63) is 29.8 Å². The largest absolute Gasteiger partial charge is 0.334 e. The summed E-state index contributed by atoms with van der Waals surface area (Å²) in [6.07, 6.45) is 3.27. The van der Waals surface area contributed by atoms with E-state index in [9.17, 15) is 28.0 Å². The molecule has 0 bridgehead atoms. The Morgan fingerprint density at radius 2 is 1.74 bits per heavy atom. The smallest absolute Gasteiger partial charge is 0.320 e. The fraction of sp³-hybridized carbons (Fsp3) is 0.444. The van der Waals surface area contributed by atoms with Crippen molar-refractivity contribution in [3.8, 4) is 0 Å². The lowest BCUT2D eigenvalue weighted by Gasteiger charge is -2.34. The molecule has 1 aromatic carbocycles. The second-order valence-electron chi connectivity index (χ2n) is 6.82. The van der Waals surface area contributed by atoms with E-state index in [2.05, 4.69) is 0 Å². The van der Waals surface area contributed by atoms with Gasteiger partial charge in [-0.3, -0.25) is 19.3 Å². The SMILES string of the molecule is C[C@@H]1CCCC[C@@H]1N1C(=O)C(=O)N(CC(=O)Nc2c(F)cccc2F)C1=O. The Hall–Kier alpha value is -2.84. The number of rotatable bonds is 4. The molecule has 3 rings (SSSR count). The standard InChI is InChI=1S/C18H19F2N3O4/c1-10-5-2-3-8-13(10)23-17(26)16(25)22(18(23)27)9-14(24)21-15-11(19)6-4-7-12(15)20/h4,6-7,10,13H,2-3,5,8-9H2,1H3,(H,21,24)/t10-,13+/m1/s1. The van der Waals surface area contributed by atoms with E-state index in [1.54, 1.807) is 0 Å². The number of nitrogens with zero attached hydrogens (tertiary/aromatic N) is 2. The molecule has 0 radical (unpaired) electrons. The van der Waals surface area contributed by atoms with E-state index in [0.717, 1.165) is 42.4 Å². The number of anilines is 1. The summed E-state index contributed by atoms with van der Waals surface area (Å²) in [5.74, 6) is -4.98. The van der Waals surface area contributed by atoms with Crippen LogP contribution in [0.5, 0.6) is 0 Å². The highest BCUT2D eigenvalue weighted by atomic mass is 19.1. The molecule has 2 atom stereocenters. The number of hydrogen-bond donors (Lipinski definition) is 1. The van der Waals surface area contributed by atoms with Crippen molar-refractivity contribution in [1.29, 1.82) is 0 Å². The van der Waals surface area contributed by atoms with Gasteiger partial charge in [-0.05, 0) is 30.9 Å². The van der Waals surface area contributed by atoms with E-state index >= 15 is 0 Å². The first kappa shape index (κ1) is 18.9. The molecule has 5 amide bonds. The van der Waals surface area contributed by atoms with Crippen LogP contribution in [0.2, 0.25) is 0 Å². The lowest BCUT2D eigenvalue weighted by Crippen LogP contribution is -2.46. The van der Waals surface area contributed by atoms with E-state index in [1.807, 2.05) is 12.2 Å². The summed E-state index contributed by atoms with van der Waals surface area (Å²) >= 11 is 0. The summed E-state index contributed by atoms with van der Waals surface area (Å²) in [6.45, 7) is 1.11. The quantitative estimate of drug-likeness (QED) is 0.642. The molecule has 1 aromatic rings. The summed E-state index contributed by atoms with van der Waals surface area (Å²) in [5.41, 5.74) is -0.675. The Kier molecular flexibility index (Phi) is 5.20. The average Bonchev–Trinajstić information content (AvgIpc) is 2.83. The van der Waals surface area contributed by atoms with Crippen LogP contribution in [0.3, 0.4) is 0 Å². The minimum absolute atomic E-state index is 0.0562. The van der Waals surface area contributed by atoms with Crippen molar-refractivity contribution < 1.29 is 28.0 Å². The predicted molar refractivity (Wildman–Crippen MR) is 90.4 cm³/mol. The fourth-order valence-electron chi connectivity index (χ4n) is 3.57. The zero-order valence-electron chi connectivity index (χ0n) is 14.7. The van der Waals surface area contributed by atoms with Gasteiger partial charge in [0.05, 0.1) is 0 Å². The summed E-state index contributed by atoms with van der Waals surface area (Å²) in [6, 6.07) is 1.80. The molecule has 1 aliphatic heterocycles. The van der Waals surface area contributed by atoms with E-state index in [0.29, 0.717) is 11.3 Å². The van der Waals surface area contributed by atoms with Gasteiger partial charge < -0.3 is 5.32 Å². The molecule has 0 unspecified atom stereocenters. The normalized spacial score (nSPS) is 23.1. The first-order valence-corrected chi connectivity index (χ1v) is 8.74. The van der Waals surface area contributed by atoms with Gasteiger partial charge in [-0.25, -0.2) is 18.5 Å². The van der Waals surface area contributed by atoms with Crippen LogP contribution in [0, 0.1) is 17.6 Å². The number of benzene rings is 1. The zero-order valence-corrected chi connectivity index (χ0v) is 14.7. The highest BCUT2D eigenvalue weighted by Crippen LogP contribution is 2.31. The van der Waals surface area contributed by atoms with Crippen LogP contribution in [0.4, 0.5) is 19.3 Å². The van der Waals surface area contributed by atoms with Gasteiger partial charge in [-0.2, -0.15) is 0 Å². The fourth-order valence-corrected chi connectivity index (χ4v) is 3.57. The molecule has 2 fully saturated rings. The number of carbonyl (C=O) groups excluding carboxylic acids is 4. The Labute approximate surface area is 154 Å². The molecular formula is C18H19F2N3O4. The Balaban J connectivity index is 1.73. The molecule has 7 nitrogen and oxygen atoms in total. The monoisotopic (exact) mass is 379 g/mol. The maximum Gasteiger partial charge on any atom is 0.334 e. The zero-order chi connectivity index (χ0) is 19.7. The van der Waals surface area contributed by atoms with Crippen LogP contribution in [-0.2, 0) is 14.4 Å². The second kappa shape index (κ2) is 7.42. The van der Waals surface area contributed by atoms with Crippen LogP contribution in [0.25, 0.3) is 0 Å². The molecule has 1 aliphatic carbocycles. The third kappa shape index (κ3) is 3.54. The third-order valence-corrected chi connectivity index (χ3v) is 5.01. The van der Waals surface area contributed by atoms with Gasteiger partial charge in [0.2, 0.25) is 5.91 Å². The molecule has 0 spiro atoms. The van der Waals surface area contributed by atoms with Gasteiger partial charge in [-0.1, -0.05) is 25.8 Å². The van der Waals surface area contributed by atoms with Gasteiger partial charge in [0.15, 0.2) is 0 Å². The van der Waals surface area contributed by atoms with Crippen molar-refractivity contribution in [2.75, 3.05) is 11.9 Å². The second-order valence-corrected chi connectivity index (χ2v) is 6.82. The first-order valence-electron chi connectivity index (χ1n) is 8.74. The number of imide groups is 2. The Bertz CT molecular complexity index is 794. The highest BCUT2D eigenvalue weighted by Gasteiger charge is 2.49. The van der Waals surface area contributed by atoms with Crippen LogP contribution in [-0.4, -0.2) is 46.1 Å². The highest BCUT2D eigenvalue weighted by molar-refractivity contribution is 6.45. The Morgan fingerprint density at radius 1 is 1.11 bits per heavy atom. The van der Waals surface area contributed by atoms with Crippen molar-refractivity contribution >= 4 is 29.4 Å². The Morgan fingerprint density at radius 3 is 2.37 bits per heavy atom. The molecule has 2 aliphatic rings. The van der Waals surface area contributed by atoms with Crippen molar-refractivity contribution in [3.63, 3.8) is 0 Å². The van der Waals surface area contributed by atoms with Gasteiger partial charge in [-0.15, -0.1) is 0 Å². The molecular weight excluding hydrogens is 360 g/mol. The van der Waals surface area contributed by atoms with Crippen molar-refractivity contribution in [2.24, 2.45) is 5.92 Å². The molecule has 27 heavy (non-hydrogen) atoms. The minimum atomic E-state index is -1.11. The van der Waals surface area contributed by atoms with E-state index in [4.69, 9.17) is 0 Å². The molecule has 0 aromatic heterocycles. The third-order valence-electron chi connectivity index (χ3n) is 5.01. The lowest BCUT2D eigenvalue weighted by molar-refractivity contribution is -0.145. The van der Waals surface area contributed by atoms with E-state index in [1.165, 1.54) is 0 Å². The van der Waals surface area contributed by atoms with E-state index in [-0.39, 0.29) is 12.0 Å². The van der Waals surface area contributed by atoms with Crippen molar-refractivity contribution in [2.45, 2.75) is 38.6 Å². The number of hydrogen-bond acceptors (Lipinski definition) is 4. The van der Waals surface area contributed by atoms with Crippen LogP contribution in [0.1, 0.15) is 32.6 Å². The van der Waals surface area contributed by atoms with Crippen LogP contribution < -0.4 is 5.32 Å². The first-order chi connectivity index (χ1) is 12.8.